The Morgan fingerprint density at radius 3 is 2.61 bits per heavy atom. The van der Waals surface area contributed by atoms with E-state index in [1.165, 1.54) is 6.07 Å². The first-order chi connectivity index (χ1) is 13.5. The summed E-state index contributed by atoms with van der Waals surface area (Å²) in [5, 5.41) is 17.1. The summed E-state index contributed by atoms with van der Waals surface area (Å²) in [5.74, 6) is -0.527. The molecule has 0 atom stereocenters. The molecule has 0 saturated carbocycles. The van der Waals surface area contributed by atoms with Gasteiger partial charge < -0.3 is 15.0 Å². The molecule has 1 amide bonds. The quantitative estimate of drug-likeness (QED) is 0.406. The Kier molecular flexibility index (Phi) is 6.55. The van der Waals surface area contributed by atoms with Crippen molar-refractivity contribution in [1.82, 2.24) is 5.32 Å². The van der Waals surface area contributed by atoms with Gasteiger partial charge in [0.05, 0.1) is 23.8 Å². The zero-order valence-electron chi connectivity index (χ0n) is 14.7. The number of benzene rings is 2. The second kappa shape index (κ2) is 9.09. The number of hydrogen-bond donors (Lipinski definition) is 2. The van der Waals surface area contributed by atoms with E-state index in [9.17, 15) is 14.9 Å². The number of nitro groups is 1. The lowest BCUT2D eigenvalue weighted by atomic mass is 10.1. The number of halogens is 1. The molecular weight excluding hydrogens is 448 g/mol. The Bertz CT molecular complexity index is 918. The first-order valence-corrected chi connectivity index (χ1v) is 9.64. The largest absolute Gasteiger partial charge is 0.378 e. The van der Waals surface area contributed by atoms with E-state index in [4.69, 9.17) is 17.0 Å². The number of carbonyl (C=O) groups is 1. The molecule has 1 aliphatic heterocycles. The van der Waals surface area contributed by atoms with Crippen LogP contribution in [0.5, 0.6) is 0 Å². The molecule has 1 saturated heterocycles. The maximum Gasteiger partial charge on any atom is 0.293 e. The standard InChI is InChI=1S/C18H17BrN4O4S/c19-13-3-1-2-4-14(13)20-18(28)21-17(24)12-5-6-15(16(11-12)23(25)26)22-7-9-27-10-8-22/h1-6,11H,7-10H2,(H2,20,21,24,28). The third-order valence-corrected chi connectivity index (χ3v) is 5.03. The predicted molar refractivity (Wildman–Crippen MR) is 114 cm³/mol. The summed E-state index contributed by atoms with van der Waals surface area (Å²) in [6.45, 7) is 2.14. The van der Waals surface area contributed by atoms with Crippen LogP contribution in [0, 0.1) is 10.1 Å². The Hall–Kier alpha value is -2.56. The first-order valence-electron chi connectivity index (χ1n) is 8.43. The Morgan fingerprint density at radius 2 is 1.93 bits per heavy atom. The molecule has 10 heteroatoms. The fourth-order valence-corrected chi connectivity index (χ4v) is 3.36. The van der Waals surface area contributed by atoms with Gasteiger partial charge in [0.25, 0.3) is 11.6 Å². The molecule has 0 aromatic heterocycles. The molecule has 0 bridgehead atoms. The topological polar surface area (TPSA) is 96.7 Å². The third-order valence-electron chi connectivity index (χ3n) is 4.14. The smallest absolute Gasteiger partial charge is 0.293 e. The van der Waals surface area contributed by atoms with Crippen molar-refractivity contribution < 1.29 is 14.5 Å². The number of nitro benzene ring substituents is 1. The van der Waals surface area contributed by atoms with E-state index in [0.717, 1.165) is 4.47 Å². The van der Waals surface area contributed by atoms with Gasteiger partial charge in [0, 0.05) is 29.2 Å². The van der Waals surface area contributed by atoms with E-state index in [1.807, 2.05) is 23.1 Å². The van der Waals surface area contributed by atoms with E-state index in [1.54, 1.807) is 18.2 Å². The number of para-hydroxylation sites is 1. The molecule has 1 fully saturated rings. The van der Waals surface area contributed by atoms with Crippen molar-refractivity contribution in [3.05, 3.63) is 62.6 Å². The van der Waals surface area contributed by atoms with Crippen LogP contribution in [-0.2, 0) is 4.74 Å². The Balaban J connectivity index is 1.74. The molecule has 1 heterocycles. The van der Waals surface area contributed by atoms with Crippen LogP contribution in [0.1, 0.15) is 10.4 Å². The van der Waals surface area contributed by atoms with Gasteiger partial charge in [0.1, 0.15) is 5.69 Å². The van der Waals surface area contributed by atoms with Crippen molar-refractivity contribution in [3.8, 4) is 0 Å². The average molecular weight is 465 g/mol. The van der Waals surface area contributed by atoms with Gasteiger partial charge in [-0.1, -0.05) is 12.1 Å². The Morgan fingerprint density at radius 1 is 1.21 bits per heavy atom. The highest BCUT2D eigenvalue weighted by Gasteiger charge is 2.23. The summed E-state index contributed by atoms with van der Waals surface area (Å²) in [6, 6.07) is 11.7. The first kappa shape index (κ1) is 20.2. The molecule has 146 valence electrons. The number of rotatable bonds is 4. The number of amides is 1. The molecule has 1 aliphatic rings. The highest BCUT2D eigenvalue weighted by Crippen LogP contribution is 2.30. The minimum absolute atomic E-state index is 0.0943. The normalized spacial score (nSPS) is 13.7. The van der Waals surface area contributed by atoms with Crippen LogP contribution >= 0.6 is 28.1 Å². The van der Waals surface area contributed by atoms with Crippen molar-refractivity contribution in [2.75, 3.05) is 36.5 Å². The van der Waals surface area contributed by atoms with Crippen molar-refractivity contribution in [2.24, 2.45) is 0 Å². The lowest BCUT2D eigenvalue weighted by molar-refractivity contribution is -0.384. The molecule has 2 aromatic rings. The molecule has 2 aromatic carbocycles. The fraction of sp³-hybridized carbons (Fsp3) is 0.222. The predicted octanol–water partition coefficient (Wildman–Crippen LogP) is 3.32. The number of hydrogen-bond acceptors (Lipinski definition) is 6. The number of thiocarbonyl (C=S) groups is 1. The molecule has 0 spiro atoms. The second-order valence-corrected chi connectivity index (χ2v) is 7.21. The zero-order chi connectivity index (χ0) is 20.1. The van der Waals surface area contributed by atoms with Crippen molar-refractivity contribution >= 4 is 56.2 Å². The van der Waals surface area contributed by atoms with Gasteiger partial charge in [-0.25, -0.2) is 0 Å². The summed E-state index contributed by atoms with van der Waals surface area (Å²) in [6.07, 6.45) is 0. The van der Waals surface area contributed by atoms with Crippen molar-refractivity contribution in [3.63, 3.8) is 0 Å². The van der Waals surface area contributed by atoms with E-state index in [0.29, 0.717) is 37.7 Å². The summed E-state index contributed by atoms with van der Waals surface area (Å²) < 4.78 is 6.07. The van der Waals surface area contributed by atoms with Gasteiger partial charge in [-0.05, 0) is 52.4 Å². The second-order valence-electron chi connectivity index (χ2n) is 5.95. The maximum absolute atomic E-state index is 12.5. The molecule has 0 unspecified atom stereocenters. The average Bonchev–Trinajstić information content (AvgIpc) is 2.70. The summed E-state index contributed by atoms with van der Waals surface area (Å²) in [4.78, 5) is 25.4. The van der Waals surface area contributed by atoms with Crippen LogP contribution in [0.25, 0.3) is 0 Å². The van der Waals surface area contributed by atoms with E-state index >= 15 is 0 Å². The van der Waals surface area contributed by atoms with Crippen LogP contribution in [0.4, 0.5) is 17.1 Å². The number of morpholine rings is 1. The highest BCUT2D eigenvalue weighted by molar-refractivity contribution is 9.10. The molecule has 28 heavy (non-hydrogen) atoms. The van der Waals surface area contributed by atoms with Crippen LogP contribution in [0.15, 0.2) is 46.9 Å². The van der Waals surface area contributed by atoms with Gasteiger partial charge in [0.15, 0.2) is 5.11 Å². The number of carbonyl (C=O) groups excluding carboxylic acids is 1. The molecule has 0 aliphatic carbocycles. The molecule has 8 nitrogen and oxygen atoms in total. The monoisotopic (exact) mass is 464 g/mol. The number of ether oxygens (including phenoxy) is 1. The Labute approximate surface area is 175 Å². The number of nitrogens with one attached hydrogen (secondary N) is 2. The summed E-state index contributed by atoms with van der Waals surface area (Å²) in [7, 11) is 0. The summed E-state index contributed by atoms with van der Waals surface area (Å²) in [5.41, 5.74) is 1.19. The van der Waals surface area contributed by atoms with Crippen molar-refractivity contribution in [2.45, 2.75) is 0 Å². The lowest BCUT2D eigenvalue weighted by Crippen LogP contribution is -2.37. The highest BCUT2D eigenvalue weighted by atomic mass is 79.9. The lowest BCUT2D eigenvalue weighted by Gasteiger charge is -2.28. The van der Waals surface area contributed by atoms with Crippen LogP contribution in [0.2, 0.25) is 0 Å². The van der Waals surface area contributed by atoms with E-state index < -0.39 is 10.8 Å². The molecule has 3 rings (SSSR count). The molecule has 2 N–H and O–H groups in total. The van der Waals surface area contributed by atoms with Crippen LogP contribution < -0.4 is 15.5 Å². The fourth-order valence-electron chi connectivity index (χ4n) is 2.77. The number of nitrogens with zero attached hydrogens (tertiary/aromatic N) is 2. The third kappa shape index (κ3) is 4.83. The SMILES string of the molecule is O=C(NC(=S)Nc1ccccc1Br)c1ccc(N2CCOCC2)c([N+](=O)[O-])c1. The van der Waals surface area contributed by atoms with Gasteiger partial charge in [-0.2, -0.15) is 0 Å². The van der Waals surface area contributed by atoms with E-state index in [2.05, 4.69) is 26.6 Å². The van der Waals surface area contributed by atoms with Gasteiger partial charge in [-0.3, -0.25) is 20.2 Å². The minimum Gasteiger partial charge on any atom is -0.378 e. The van der Waals surface area contributed by atoms with Gasteiger partial charge in [-0.15, -0.1) is 0 Å². The van der Waals surface area contributed by atoms with Gasteiger partial charge >= 0.3 is 0 Å². The molecular formula is C18H17BrN4O4S. The van der Waals surface area contributed by atoms with Crippen molar-refractivity contribution in [1.29, 1.82) is 0 Å². The minimum atomic E-state index is -0.527. The molecule has 0 radical (unpaired) electrons. The van der Waals surface area contributed by atoms with Crippen LogP contribution in [0.3, 0.4) is 0 Å². The summed E-state index contributed by atoms with van der Waals surface area (Å²) >= 11 is 8.55. The van der Waals surface area contributed by atoms with E-state index in [-0.39, 0.29) is 16.4 Å². The van der Waals surface area contributed by atoms with Gasteiger partial charge in [0.2, 0.25) is 0 Å². The maximum atomic E-state index is 12.5. The zero-order valence-corrected chi connectivity index (χ0v) is 17.1. The van der Waals surface area contributed by atoms with Crippen LogP contribution in [-0.4, -0.2) is 42.2 Å². The number of anilines is 2.